The first-order valence-corrected chi connectivity index (χ1v) is 9.20. The molecule has 1 aliphatic rings. The van der Waals surface area contributed by atoms with E-state index in [1.165, 1.54) is 6.07 Å². The van der Waals surface area contributed by atoms with Crippen LogP contribution in [-0.2, 0) is 4.79 Å². The zero-order valence-electron chi connectivity index (χ0n) is 15.0. The summed E-state index contributed by atoms with van der Waals surface area (Å²) < 4.78 is 5.36. The number of fused-ring (bicyclic) bond motifs is 3. The summed E-state index contributed by atoms with van der Waals surface area (Å²) in [6.07, 6.45) is 0.730. The smallest absolute Gasteiger partial charge is 0.336 e. The van der Waals surface area contributed by atoms with Crippen molar-refractivity contribution in [2.45, 2.75) is 32.4 Å². The van der Waals surface area contributed by atoms with Crippen LogP contribution in [0, 0.1) is 0 Å². The van der Waals surface area contributed by atoms with E-state index in [-0.39, 0.29) is 18.0 Å². The molecule has 27 heavy (non-hydrogen) atoms. The van der Waals surface area contributed by atoms with Crippen molar-refractivity contribution in [1.82, 2.24) is 0 Å². The van der Waals surface area contributed by atoms with Gasteiger partial charge >= 0.3 is 5.63 Å². The molecular formula is C21H19ClN2O3. The number of nitrogens with zero attached hydrogens (tertiary/aromatic N) is 1. The van der Waals surface area contributed by atoms with Crippen molar-refractivity contribution in [1.29, 1.82) is 0 Å². The van der Waals surface area contributed by atoms with Gasteiger partial charge in [-0.3, -0.25) is 4.79 Å². The van der Waals surface area contributed by atoms with Gasteiger partial charge in [0.2, 0.25) is 5.91 Å². The summed E-state index contributed by atoms with van der Waals surface area (Å²) in [6.45, 7) is 3.61. The number of benzene rings is 2. The van der Waals surface area contributed by atoms with Crippen LogP contribution in [0.1, 0.15) is 31.9 Å². The molecule has 2 aromatic carbocycles. The molecule has 1 aliphatic heterocycles. The van der Waals surface area contributed by atoms with Gasteiger partial charge in [0.15, 0.2) is 0 Å². The van der Waals surface area contributed by atoms with E-state index >= 15 is 0 Å². The van der Waals surface area contributed by atoms with Crippen molar-refractivity contribution in [2.24, 2.45) is 0 Å². The fourth-order valence-electron chi connectivity index (χ4n) is 3.90. The molecule has 0 fully saturated rings. The van der Waals surface area contributed by atoms with Crippen molar-refractivity contribution < 1.29 is 9.21 Å². The maximum Gasteiger partial charge on any atom is 0.336 e. The molecule has 2 atom stereocenters. The van der Waals surface area contributed by atoms with Crippen LogP contribution in [0.25, 0.3) is 11.0 Å². The number of anilines is 2. The van der Waals surface area contributed by atoms with Gasteiger partial charge in [-0.2, -0.15) is 0 Å². The SMILES string of the molecule is CC(=O)N1c2ccc3oc(=O)ccc3c2[C@H](Nc2ccc(Cl)cc2)C[C@@H]1C. The molecule has 5 nitrogen and oxygen atoms in total. The van der Waals surface area contributed by atoms with Crippen LogP contribution >= 0.6 is 11.6 Å². The van der Waals surface area contributed by atoms with Gasteiger partial charge in [-0.15, -0.1) is 0 Å². The van der Waals surface area contributed by atoms with Crippen LogP contribution in [0.15, 0.2) is 57.7 Å². The Morgan fingerprint density at radius 3 is 2.59 bits per heavy atom. The largest absolute Gasteiger partial charge is 0.423 e. The molecule has 2 heterocycles. The zero-order chi connectivity index (χ0) is 19.1. The average molecular weight is 383 g/mol. The van der Waals surface area contributed by atoms with E-state index in [1.54, 1.807) is 24.0 Å². The minimum absolute atomic E-state index is 0.00886. The molecule has 0 saturated heterocycles. The molecule has 1 N–H and O–H groups in total. The summed E-state index contributed by atoms with van der Waals surface area (Å²) in [6, 6.07) is 14.3. The monoisotopic (exact) mass is 382 g/mol. The second-order valence-corrected chi connectivity index (χ2v) is 7.28. The van der Waals surface area contributed by atoms with Crippen molar-refractivity contribution in [3.8, 4) is 0 Å². The predicted octanol–water partition coefficient (Wildman–Crippen LogP) is 4.74. The van der Waals surface area contributed by atoms with Gasteiger partial charge in [0, 0.05) is 40.7 Å². The van der Waals surface area contributed by atoms with Gasteiger partial charge < -0.3 is 14.6 Å². The Kier molecular flexibility index (Phi) is 4.40. The first-order valence-electron chi connectivity index (χ1n) is 8.82. The lowest BCUT2D eigenvalue weighted by Crippen LogP contribution is -2.43. The van der Waals surface area contributed by atoms with Gasteiger partial charge in [-0.1, -0.05) is 11.6 Å². The molecule has 0 spiro atoms. The molecule has 0 aliphatic carbocycles. The number of halogens is 1. The van der Waals surface area contributed by atoms with E-state index in [0.29, 0.717) is 10.6 Å². The summed E-state index contributed by atoms with van der Waals surface area (Å²) in [7, 11) is 0. The number of carbonyl (C=O) groups excluding carboxylic acids is 1. The lowest BCUT2D eigenvalue weighted by atomic mass is 9.88. The molecule has 0 radical (unpaired) electrons. The number of carbonyl (C=O) groups is 1. The molecule has 138 valence electrons. The Hall–Kier alpha value is -2.79. The lowest BCUT2D eigenvalue weighted by Gasteiger charge is -2.40. The van der Waals surface area contributed by atoms with E-state index in [2.05, 4.69) is 5.32 Å². The van der Waals surface area contributed by atoms with E-state index in [1.807, 2.05) is 37.3 Å². The minimum Gasteiger partial charge on any atom is -0.423 e. The maximum absolute atomic E-state index is 12.3. The molecular weight excluding hydrogens is 364 g/mol. The first kappa shape index (κ1) is 17.6. The van der Waals surface area contributed by atoms with Crippen molar-refractivity contribution in [3.05, 3.63) is 69.5 Å². The topological polar surface area (TPSA) is 62.6 Å². The van der Waals surface area contributed by atoms with E-state index in [4.69, 9.17) is 16.0 Å². The molecule has 3 aromatic rings. The zero-order valence-corrected chi connectivity index (χ0v) is 15.8. The van der Waals surface area contributed by atoms with Gasteiger partial charge in [-0.05, 0) is 55.8 Å². The van der Waals surface area contributed by atoms with E-state index in [9.17, 15) is 9.59 Å². The molecule has 4 rings (SSSR count). The summed E-state index contributed by atoms with van der Waals surface area (Å²) in [5.41, 5.74) is 2.86. The van der Waals surface area contributed by atoms with Crippen molar-refractivity contribution in [2.75, 3.05) is 10.2 Å². The second-order valence-electron chi connectivity index (χ2n) is 6.84. The molecule has 1 aromatic heterocycles. The quantitative estimate of drug-likeness (QED) is 0.650. The van der Waals surface area contributed by atoms with E-state index in [0.717, 1.165) is 28.7 Å². The summed E-state index contributed by atoms with van der Waals surface area (Å²) >= 11 is 5.99. The highest BCUT2D eigenvalue weighted by Crippen LogP contribution is 2.42. The Bertz CT molecular complexity index is 1070. The van der Waals surface area contributed by atoms with Crippen LogP contribution in [0.2, 0.25) is 5.02 Å². The van der Waals surface area contributed by atoms with Gasteiger partial charge in [0.05, 0.1) is 11.7 Å². The fourth-order valence-corrected chi connectivity index (χ4v) is 4.02. The third kappa shape index (κ3) is 3.19. The minimum atomic E-state index is -0.391. The Morgan fingerprint density at radius 2 is 1.89 bits per heavy atom. The standard InChI is InChI=1S/C21H19ClN2O3/c1-12-11-17(23-15-5-3-14(22)4-6-15)21-16-7-10-20(26)27-19(16)9-8-18(21)24(12)13(2)25/h3-10,12,17,23H,11H2,1-2H3/t12-,17+/m0/s1. The Labute approximate surface area is 161 Å². The van der Waals surface area contributed by atoms with Gasteiger partial charge in [0.1, 0.15) is 5.58 Å². The lowest BCUT2D eigenvalue weighted by molar-refractivity contribution is -0.117. The van der Waals surface area contributed by atoms with Crippen molar-refractivity contribution >= 4 is 39.9 Å². The van der Waals surface area contributed by atoms with Crippen LogP contribution < -0.4 is 15.8 Å². The number of rotatable bonds is 2. The summed E-state index contributed by atoms with van der Waals surface area (Å²) in [5.74, 6) is -0.00886. The molecule has 0 bridgehead atoms. The van der Waals surface area contributed by atoms with Crippen molar-refractivity contribution in [3.63, 3.8) is 0 Å². The second kappa shape index (κ2) is 6.74. The Balaban J connectivity index is 1.89. The highest BCUT2D eigenvalue weighted by molar-refractivity contribution is 6.30. The predicted molar refractivity (Wildman–Crippen MR) is 108 cm³/mol. The number of nitrogens with one attached hydrogen (secondary N) is 1. The van der Waals surface area contributed by atoms with Crippen LogP contribution in [-0.4, -0.2) is 11.9 Å². The number of hydrogen-bond acceptors (Lipinski definition) is 4. The van der Waals surface area contributed by atoms with E-state index < -0.39 is 5.63 Å². The number of hydrogen-bond donors (Lipinski definition) is 1. The normalized spacial score (nSPS) is 19.0. The van der Waals surface area contributed by atoms with Gasteiger partial charge in [-0.25, -0.2) is 4.79 Å². The molecule has 6 heteroatoms. The molecule has 0 unspecified atom stereocenters. The third-order valence-corrected chi connectivity index (χ3v) is 5.22. The highest BCUT2D eigenvalue weighted by atomic mass is 35.5. The van der Waals surface area contributed by atoms with Crippen LogP contribution in [0.3, 0.4) is 0 Å². The summed E-state index contributed by atoms with van der Waals surface area (Å²) in [4.78, 5) is 25.7. The fraction of sp³-hybridized carbons (Fsp3) is 0.238. The van der Waals surface area contributed by atoms with Gasteiger partial charge in [0.25, 0.3) is 0 Å². The van der Waals surface area contributed by atoms with Crippen LogP contribution in [0.5, 0.6) is 0 Å². The number of amides is 1. The summed E-state index contributed by atoms with van der Waals surface area (Å²) in [5, 5.41) is 5.05. The molecule has 0 saturated carbocycles. The highest BCUT2D eigenvalue weighted by Gasteiger charge is 2.34. The average Bonchev–Trinajstić information content (AvgIpc) is 2.62. The first-order chi connectivity index (χ1) is 12.9. The third-order valence-electron chi connectivity index (χ3n) is 4.97. The van der Waals surface area contributed by atoms with Crippen LogP contribution in [0.4, 0.5) is 11.4 Å². The Morgan fingerprint density at radius 1 is 1.15 bits per heavy atom. The molecule has 1 amide bonds. The maximum atomic E-state index is 12.3.